The van der Waals surface area contributed by atoms with Crippen LogP contribution in [-0.2, 0) is 16.1 Å². The van der Waals surface area contributed by atoms with Gasteiger partial charge in [0.15, 0.2) is 0 Å². The molecule has 0 aliphatic rings. The summed E-state index contributed by atoms with van der Waals surface area (Å²) in [6.07, 6.45) is 2.95. The average Bonchev–Trinajstić information content (AvgIpc) is 2.66. The van der Waals surface area contributed by atoms with Gasteiger partial charge in [0.05, 0.1) is 4.92 Å². The summed E-state index contributed by atoms with van der Waals surface area (Å²) in [4.78, 5) is 33.3. The SMILES string of the molecule is O=C(CCCC(=O)Oc1ccc(/C=C/[N+](=O)[O-])cc1)NCc1ccccc1. The number of carbonyl (C=O) groups excluding carboxylic acids is 2. The lowest BCUT2D eigenvalue weighted by Gasteiger charge is -2.06. The van der Waals surface area contributed by atoms with Crippen molar-refractivity contribution >= 4 is 18.0 Å². The van der Waals surface area contributed by atoms with Crippen LogP contribution in [0.1, 0.15) is 30.4 Å². The minimum Gasteiger partial charge on any atom is -0.427 e. The van der Waals surface area contributed by atoms with Crippen LogP contribution >= 0.6 is 0 Å². The Labute approximate surface area is 156 Å². The molecule has 0 bridgehead atoms. The third kappa shape index (κ3) is 7.96. The van der Waals surface area contributed by atoms with Crippen LogP contribution in [0.15, 0.2) is 60.8 Å². The fourth-order valence-corrected chi connectivity index (χ4v) is 2.25. The van der Waals surface area contributed by atoms with Crippen molar-refractivity contribution in [1.82, 2.24) is 5.32 Å². The molecule has 7 nitrogen and oxygen atoms in total. The fourth-order valence-electron chi connectivity index (χ4n) is 2.25. The van der Waals surface area contributed by atoms with Gasteiger partial charge in [-0.1, -0.05) is 42.5 Å². The van der Waals surface area contributed by atoms with E-state index in [2.05, 4.69) is 5.32 Å². The van der Waals surface area contributed by atoms with E-state index in [0.717, 1.165) is 11.8 Å². The first kappa shape index (κ1) is 19.8. The van der Waals surface area contributed by atoms with Crippen LogP contribution in [0.4, 0.5) is 0 Å². The van der Waals surface area contributed by atoms with Crippen LogP contribution in [0.5, 0.6) is 5.75 Å². The Bertz CT molecular complexity index is 801. The quantitative estimate of drug-likeness (QED) is 0.317. The Balaban J connectivity index is 1.66. The number of hydrogen-bond acceptors (Lipinski definition) is 5. The standard InChI is InChI=1S/C20H20N2O5/c23-19(21-15-17-5-2-1-3-6-17)7-4-8-20(24)27-18-11-9-16(10-12-18)13-14-22(25)26/h1-3,5-6,9-14H,4,7-8,15H2,(H,21,23)/b14-13+. The molecule has 0 saturated carbocycles. The number of nitrogens with one attached hydrogen (secondary N) is 1. The molecule has 0 aliphatic carbocycles. The van der Waals surface area contributed by atoms with E-state index in [4.69, 9.17) is 4.74 Å². The molecule has 0 aromatic heterocycles. The number of carbonyl (C=O) groups is 2. The first-order valence-corrected chi connectivity index (χ1v) is 8.46. The van der Waals surface area contributed by atoms with Crippen molar-refractivity contribution < 1.29 is 19.2 Å². The third-order valence-electron chi connectivity index (χ3n) is 3.62. The van der Waals surface area contributed by atoms with E-state index in [1.807, 2.05) is 30.3 Å². The van der Waals surface area contributed by atoms with Gasteiger partial charge >= 0.3 is 5.97 Å². The van der Waals surface area contributed by atoms with Crippen LogP contribution in [0.25, 0.3) is 6.08 Å². The highest BCUT2D eigenvalue weighted by Crippen LogP contribution is 2.14. The summed E-state index contributed by atoms with van der Waals surface area (Å²) in [5.41, 5.74) is 1.64. The maximum absolute atomic E-state index is 11.8. The average molecular weight is 368 g/mol. The molecule has 0 unspecified atom stereocenters. The topological polar surface area (TPSA) is 98.5 Å². The van der Waals surface area contributed by atoms with Gasteiger partial charge in [-0.25, -0.2) is 0 Å². The van der Waals surface area contributed by atoms with Gasteiger partial charge in [0.2, 0.25) is 12.1 Å². The number of amides is 1. The normalized spacial score (nSPS) is 10.5. The highest BCUT2D eigenvalue weighted by molar-refractivity contribution is 5.77. The van der Waals surface area contributed by atoms with Crippen molar-refractivity contribution in [2.24, 2.45) is 0 Å². The predicted molar refractivity (Wildman–Crippen MR) is 100 cm³/mol. The summed E-state index contributed by atoms with van der Waals surface area (Å²) >= 11 is 0. The summed E-state index contributed by atoms with van der Waals surface area (Å²) in [5.74, 6) is -0.195. The van der Waals surface area contributed by atoms with Crippen molar-refractivity contribution in [1.29, 1.82) is 0 Å². The van der Waals surface area contributed by atoms with Crippen molar-refractivity contribution in [2.75, 3.05) is 0 Å². The minimum absolute atomic E-state index is 0.117. The van der Waals surface area contributed by atoms with Crippen LogP contribution in [0.3, 0.4) is 0 Å². The lowest BCUT2D eigenvalue weighted by atomic mass is 10.2. The summed E-state index contributed by atoms with van der Waals surface area (Å²) < 4.78 is 5.18. The summed E-state index contributed by atoms with van der Waals surface area (Å²) in [6.45, 7) is 0.460. The maximum Gasteiger partial charge on any atom is 0.311 e. The number of rotatable bonds is 9. The molecular weight excluding hydrogens is 348 g/mol. The van der Waals surface area contributed by atoms with Gasteiger partial charge in [0.1, 0.15) is 5.75 Å². The summed E-state index contributed by atoms with van der Waals surface area (Å²) in [5, 5.41) is 13.1. The van der Waals surface area contributed by atoms with Crippen LogP contribution < -0.4 is 10.1 Å². The van der Waals surface area contributed by atoms with E-state index in [1.54, 1.807) is 24.3 Å². The maximum atomic E-state index is 11.8. The molecule has 0 heterocycles. The Morgan fingerprint density at radius 2 is 1.74 bits per heavy atom. The van der Waals surface area contributed by atoms with E-state index in [-0.39, 0.29) is 18.7 Å². The first-order valence-electron chi connectivity index (χ1n) is 8.46. The number of hydrogen-bond donors (Lipinski definition) is 1. The lowest BCUT2D eigenvalue weighted by molar-refractivity contribution is -0.400. The molecule has 0 atom stereocenters. The number of nitrogens with zero attached hydrogens (tertiary/aromatic N) is 1. The molecule has 140 valence electrons. The van der Waals surface area contributed by atoms with E-state index in [1.165, 1.54) is 6.08 Å². The second kappa shape index (κ2) is 10.5. The third-order valence-corrected chi connectivity index (χ3v) is 3.62. The van der Waals surface area contributed by atoms with Crippen molar-refractivity contribution in [3.63, 3.8) is 0 Å². The second-order valence-electron chi connectivity index (χ2n) is 5.76. The van der Waals surface area contributed by atoms with Crippen molar-refractivity contribution in [2.45, 2.75) is 25.8 Å². The van der Waals surface area contributed by atoms with E-state index in [9.17, 15) is 19.7 Å². The Hall–Kier alpha value is -3.48. The zero-order chi connectivity index (χ0) is 19.5. The number of esters is 1. The van der Waals surface area contributed by atoms with Crippen LogP contribution in [0, 0.1) is 10.1 Å². The molecule has 2 aromatic carbocycles. The van der Waals surface area contributed by atoms with Gasteiger partial charge in [-0.2, -0.15) is 0 Å². The molecule has 0 radical (unpaired) electrons. The van der Waals surface area contributed by atoms with E-state index in [0.29, 0.717) is 24.3 Å². The molecule has 0 saturated heterocycles. The second-order valence-corrected chi connectivity index (χ2v) is 5.76. The molecule has 2 aromatic rings. The molecule has 0 fully saturated rings. The number of ether oxygens (including phenoxy) is 1. The molecule has 0 spiro atoms. The molecule has 0 aliphatic heterocycles. The van der Waals surface area contributed by atoms with Gasteiger partial charge in [0, 0.05) is 25.5 Å². The van der Waals surface area contributed by atoms with E-state index < -0.39 is 10.9 Å². The zero-order valence-electron chi connectivity index (χ0n) is 14.7. The molecular formula is C20H20N2O5. The fraction of sp³-hybridized carbons (Fsp3) is 0.200. The minimum atomic E-state index is -0.552. The van der Waals surface area contributed by atoms with Crippen LogP contribution in [-0.4, -0.2) is 16.8 Å². The molecule has 27 heavy (non-hydrogen) atoms. The highest BCUT2D eigenvalue weighted by Gasteiger charge is 2.07. The zero-order valence-corrected chi connectivity index (χ0v) is 14.7. The van der Waals surface area contributed by atoms with Gasteiger partial charge in [-0.3, -0.25) is 19.7 Å². The van der Waals surface area contributed by atoms with Gasteiger partial charge in [-0.05, 0) is 29.7 Å². The predicted octanol–water partition coefficient (Wildman–Crippen LogP) is 3.33. The monoisotopic (exact) mass is 368 g/mol. The largest absolute Gasteiger partial charge is 0.427 e. The molecule has 7 heteroatoms. The Kier molecular flexibility index (Phi) is 7.71. The van der Waals surface area contributed by atoms with Crippen molar-refractivity contribution in [3.05, 3.63) is 82.0 Å². The molecule has 1 amide bonds. The number of nitro groups is 1. The van der Waals surface area contributed by atoms with Crippen LogP contribution in [0.2, 0.25) is 0 Å². The number of benzene rings is 2. The van der Waals surface area contributed by atoms with Gasteiger partial charge in [0.25, 0.3) is 0 Å². The highest BCUT2D eigenvalue weighted by atomic mass is 16.6. The van der Waals surface area contributed by atoms with Gasteiger partial charge < -0.3 is 10.1 Å². The first-order chi connectivity index (χ1) is 13.0. The Morgan fingerprint density at radius 3 is 2.41 bits per heavy atom. The molecule has 2 rings (SSSR count). The van der Waals surface area contributed by atoms with Crippen molar-refractivity contribution in [3.8, 4) is 5.75 Å². The lowest BCUT2D eigenvalue weighted by Crippen LogP contribution is -2.22. The van der Waals surface area contributed by atoms with Gasteiger partial charge in [-0.15, -0.1) is 0 Å². The summed E-state index contributed by atoms with van der Waals surface area (Å²) in [7, 11) is 0. The smallest absolute Gasteiger partial charge is 0.311 e. The van der Waals surface area contributed by atoms with E-state index >= 15 is 0 Å². The summed E-state index contributed by atoms with van der Waals surface area (Å²) in [6, 6.07) is 15.9. The Morgan fingerprint density at radius 1 is 1.04 bits per heavy atom. The molecule has 1 N–H and O–H groups in total.